The number of hydrogen-bond donors (Lipinski definition) is 1. The van der Waals surface area contributed by atoms with E-state index >= 15 is 0 Å². The van der Waals surface area contributed by atoms with Crippen LogP contribution in [0.1, 0.15) is 26.5 Å². The SMILES string of the molecule is CC(=O)OC[C@H]1O[C@H](n2cnc(N)nc2=O)CC1OC(C)=O. The molecule has 1 aromatic rings. The maximum atomic E-state index is 11.8. The van der Waals surface area contributed by atoms with Gasteiger partial charge in [-0.3, -0.25) is 14.2 Å². The van der Waals surface area contributed by atoms with Gasteiger partial charge >= 0.3 is 17.6 Å². The van der Waals surface area contributed by atoms with Crippen molar-refractivity contribution in [2.24, 2.45) is 0 Å². The second-order valence-corrected chi connectivity index (χ2v) is 4.72. The summed E-state index contributed by atoms with van der Waals surface area (Å²) in [6.07, 6.45) is -0.654. The molecule has 22 heavy (non-hydrogen) atoms. The number of esters is 2. The van der Waals surface area contributed by atoms with Gasteiger partial charge < -0.3 is 19.9 Å². The summed E-state index contributed by atoms with van der Waals surface area (Å²) < 4.78 is 16.8. The maximum Gasteiger partial charge on any atom is 0.354 e. The van der Waals surface area contributed by atoms with Crippen LogP contribution in [0.25, 0.3) is 0 Å². The average molecular weight is 312 g/mol. The zero-order chi connectivity index (χ0) is 16.3. The highest BCUT2D eigenvalue weighted by molar-refractivity contribution is 5.66. The van der Waals surface area contributed by atoms with Crippen molar-refractivity contribution in [1.82, 2.24) is 14.5 Å². The number of nitrogens with two attached hydrogens (primary N) is 1. The molecule has 2 heterocycles. The van der Waals surface area contributed by atoms with Crippen molar-refractivity contribution in [3.8, 4) is 0 Å². The maximum absolute atomic E-state index is 11.8. The van der Waals surface area contributed by atoms with Gasteiger partial charge in [0, 0.05) is 20.3 Å². The largest absolute Gasteiger partial charge is 0.463 e. The summed E-state index contributed by atoms with van der Waals surface area (Å²) in [5.74, 6) is -1.13. The van der Waals surface area contributed by atoms with Gasteiger partial charge in [0.1, 0.15) is 31.4 Å². The molecule has 10 heteroatoms. The number of nitrogen functional groups attached to an aromatic ring is 1. The molecule has 0 saturated carbocycles. The molecule has 1 saturated heterocycles. The lowest BCUT2D eigenvalue weighted by Crippen LogP contribution is -2.31. The molecular weight excluding hydrogens is 296 g/mol. The van der Waals surface area contributed by atoms with Crippen LogP contribution in [0.5, 0.6) is 0 Å². The fourth-order valence-electron chi connectivity index (χ4n) is 2.11. The van der Waals surface area contributed by atoms with Crippen LogP contribution in [0, 0.1) is 0 Å². The third-order valence-corrected chi connectivity index (χ3v) is 3.00. The Hall–Kier alpha value is -2.49. The first kappa shape index (κ1) is 15.9. The first-order valence-corrected chi connectivity index (χ1v) is 6.53. The number of aromatic nitrogens is 3. The third kappa shape index (κ3) is 3.79. The Morgan fingerprint density at radius 3 is 2.77 bits per heavy atom. The smallest absolute Gasteiger partial charge is 0.354 e. The summed E-state index contributed by atoms with van der Waals surface area (Å²) >= 11 is 0. The molecule has 0 spiro atoms. The van der Waals surface area contributed by atoms with E-state index in [1.165, 1.54) is 20.2 Å². The minimum Gasteiger partial charge on any atom is -0.463 e. The highest BCUT2D eigenvalue weighted by Gasteiger charge is 2.39. The zero-order valence-electron chi connectivity index (χ0n) is 12.1. The number of anilines is 1. The van der Waals surface area contributed by atoms with E-state index in [1.807, 2.05) is 0 Å². The van der Waals surface area contributed by atoms with Crippen molar-refractivity contribution in [3.05, 3.63) is 16.8 Å². The van der Waals surface area contributed by atoms with Gasteiger partial charge in [0.25, 0.3) is 0 Å². The molecule has 120 valence electrons. The summed E-state index contributed by atoms with van der Waals surface area (Å²) in [4.78, 5) is 41.1. The highest BCUT2D eigenvalue weighted by Crippen LogP contribution is 2.30. The van der Waals surface area contributed by atoms with Crippen molar-refractivity contribution in [2.45, 2.75) is 38.7 Å². The quantitative estimate of drug-likeness (QED) is 0.694. The van der Waals surface area contributed by atoms with Crippen molar-refractivity contribution in [1.29, 1.82) is 0 Å². The standard InChI is InChI=1S/C12H16N4O6/c1-6(17)20-4-9-8(21-7(2)18)3-10(22-9)16-5-14-11(13)15-12(16)19/h5,8-10H,3-4H2,1-2H3,(H2,13,15,19)/t8?,9-,10+/m1/s1. The van der Waals surface area contributed by atoms with Crippen LogP contribution in [-0.4, -0.2) is 45.3 Å². The molecule has 2 N–H and O–H groups in total. The van der Waals surface area contributed by atoms with Gasteiger partial charge in [-0.25, -0.2) is 9.78 Å². The number of rotatable bonds is 4. The zero-order valence-corrected chi connectivity index (χ0v) is 12.1. The molecule has 0 aromatic carbocycles. The Balaban J connectivity index is 2.15. The van der Waals surface area contributed by atoms with E-state index in [0.717, 1.165) is 4.57 Å². The monoisotopic (exact) mass is 312 g/mol. The van der Waals surface area contributed by atoms with Crippen LogP contribution in [0.3, 0.4) is 0 Å². The number of ether oxygens (including phenoxy) is 3. The molecule has 0 amide bonds. The van der Waals surface area contributed by atoms with E-state index in [1.54, 1.807) is 0 Å². The minimum atomic E-state index is -0.738. The first-order valence-electron chi connectivity index (χ1n) is 6.53. The topological polar surface area (TPSA) is 136 Å². The Labute approximate surface area is 125 Å². The fourth-order valence-corrected chi connectivity index (χ4v) is 2.11. The summed E-state index contributed by atoms with van der Waals surface area (Å²) in [5.41, 5.74) is 4.69. The van der Waals surface area contributed by atoms with Gasteiger partial charge in [0.15, 0.2) is 0 Å². The lowest BCUT2D eigenvalue weighted by atomic mass is 10.2. The molecule has 10 nitrogen and oxygen atoms in total. The minimum absolute atomic E-state index is 0.0889. The molecule has 1 aliphatic heterocycles. The summed E-state index contributed by atoms with van der Waals surface area (Å²) in [7, 11) is 0. The Bertz CT molecular complexity index is 630. The molecule has 3 atom stereocenters. The van der Waals surface area contributed by atoms with Crippen LogP contribution in [-0.2, 0) is 23.8 Å². The number of carbonyl (C=O) groups excluding carboxylic acids is 2. The molecule has 0 radical (unpaired) electrons. The van der Waals surface area contributed by atoms with Crippen molar-refractivity contribution < 1.29 is 23.8 Å². The lowest BCUT2D eigenvalue weighted by molar-refractivity contribution is -0.155. The van der Waals surface area contributed by atoms with Crippen LogP contribution in [0.15, 0.2) is 11.1 Å². The second kappa shape index (κ2) is 6.52. The van der Waals surface area contributed by atoms with Crippen LogP contribution in [0.2, 0.25) is 0 Å². The van der Waals surface area contributed by atoms with Crippen molar-refractivity contribution >= 4 is 17.9 Å². The Kier molecular flexibility index (Phi) is 4.71. The summed E-state index contributed by atoms with van der Waals surface area (Å²) in [5, 5.41) is 0. The highest BCUT2D eigenvalue weighted by atomic mass is 16.6. The van der Waals surface area contributed by atoms with E-state index in [-0.39, 0.29) is 19.0 Å². The summed E-state index contributed by atoms with van der Waals surface area (Å²) in [6.45, 7) is 2.43. The van der Waals surface area contributed by atoms with Crippen LogP contribution >= 0.6 is 0 Å². The van der Waals surface area contributed by atoms with Gasteiger partial charge in [0.05, 0.1) is 0 Å². The van der Waals surface area contributed by atoms with Gasteiger partial charge in [-0.05, 0) is 0 Å². The van der Waals surface area contributed by atoms with Gasteiger partial charge in [-0.1, -0.05) is 0 Å². The van der Waals surface area contributed by atoms with Crippen molar-refractivity contribution in [3.63, 3.8) is 0 Å². The van der Waals surface area contributed by atoms with Gasteiger partial charge in [-0.15, -0.1) is 0 Å². The fraction of sp³-hybridized carbons (Fsp3) is 0.583. The Morgan fingerprint density at radius 1 is 1.45 bits per heavy atom. The number of carbonyl (C=O) groups is 2. The molecule has 1 unspecified atom stereocenters. The number of nitrogens with zero attached hydrogens (tertiary/aromatic N) is 3. The van der Waals surface area contributed by atoms with Gasteiger partial charge in [-0.2, -0.15) is 4.98 Å². The number of hydrogen-bond acceptors (Lipinski definition) is 9. The van der Waals surface area contributed by atoms with E-state index in [4.69, 9.17) is 19.9 Å². The molecule has 1 aliphatic rings. The normalized spacial score (nSPS) is 24.0. The average Bonchev–Trinajstić information content (AvgIpc) is 2.78. The third-order valence-electron chi connectivity index (χ3n) is 3.00. The molecule has 0 bridgehead atoms. The molecule has 0 aliphatic carbocycles. The predicted octanol–water partition coefficient (Wildman–Crippen LogP) is -0.997. The summed E-state index contributed by atoms with van der Waals surface area (Å²) in [6, 6.07) is 0. The molecule has 1 aromatic heterocycles. The van der Waals surface area contributed by atoms with Gasteiger partial charge in [0.2, 0.25) is 5.95 Å². The molecule has 2 rings (SSSR count). The van der Waals surface area contributed by atoms with Crippen LogP contribution < -0.4 is 11.4 Å². The first-order chi connectivity index (χ1) is 10.4. The van der Waals surface area contributed by atoms with E-state index in [9.17, 15) is 14.4 Å². The van der Waals surface area contributed by atoms with E-state index < -0.39 is 36.1 Å². The predicted molar refractivity (Wildman–Crippen MR) is 71.4 cm³/mol. The Morgan fingerprint density at radius 2 is 2.18 bits per heavy atom. The van der Waals surface area contributed by atoms with E-state index in [0.29, 0.717) is 0 Å². The molecule has 1 fully saturated rings. The lowest BCUT2D eigenvalue weighted by Gasteiger charge is -2.17. The second-order valence-electron chi connectivity index (χ2n) is 4.72. The van der Waals surface area contributed by atoms with Crippen molar-refractivity contribution in [2.75, 3.05) is 12.3 Å². The molecular formula is C12H16N4O6. The van der Waals surface area contributed by atoms with Crippen LogP contribution in [0.4, 0.5) is 5.95 Å². The van der Waals surface area contributed by atoms with E-state index in [2.05, 4.69) is 9.97 Å².